The molecule has 0 radical (unpaired) electrons. The van der Waals surface area contributed by atoms with Crippen LogP contribution in [-0.2, 0) is 19.1 Å². The minimum absolute atomic E-state index is 0.0182. The van der Waals surface area contributed by atoms with Crippen LogP contribution in [0.5, 0.6) is 0 Å². The van der Waals surface area contributed by atoms with Gasteiger partial charge in [0.25, 0.3) is 9.05 Å². The maximum Gasteiger partial charge on any atom is 0.261 e. The number of benzene rings is 1. The lowest BCUT2D eigenvalue weighted by atomic mass is 10.3. The highest BCUT2D eigenvalue weighted by atomic mass is 35.7. The fourth-order valence-corrected chi connectivity index (χ4v) is 3.87. The van der Waals surface area contributed by atoms with Crippen LogP contribution in [0.25, 0.3) is 0 Å². The van der Waals surface area contributed by atoms with Crippen LogP contribution in [0.1, 0.15) is 13.8 Å². The van der Waals surface area contributed by atoms with Gasteiger partial charge in [0.15, 0.2) is 0 Å². The Bertz CT molecular complexity index is 693. The first-order chi connectivity index (χ1) is 9.09. The quantitative estimate of drug-likeness (QED) is 0.589. The fraction of sp³-hybridized carbons (Fsp3) is 0.333. The summed E-state index contributed by atoms with van der Waals surface area (Å²) in [6.07, 6.45) is 0. The molecule has 0 N–H and O–H groups in total. The van der Waals surface area contributed by atoms with Crippen molar-refractivity contribution in [1.82, 2.24) is 4.31 Å². The summed E-state index contributed by atoms with van der Waals surface area (Å²) in [4.78, 5) is -0.120. The highest BCUT2D eigenvalue weighted by molar-refractivity contribution is 8.13. The van der Waals surface area contributed by atoms with Gasteiger partial charge in [0.05, 0.1) is 9.79 Å². The minimum atomic E-state index is -3.86. The van der Waals surface area contributed by atoms with Crippen molar-refractivity contribution in [1.29, 1.82) is 0 Å². The third-order valence-electron chi connectivity index (χ3n) is 2.54. The van der Waals surface area contributed by atoms with Crippen LogP contribution >= 0.6 is 10.7 Å². The molecule has 0 aliphatic rings. The molecule has 0 saturated carbocycles. The first kappa shape index (κ1) is 17.2. The van der Waals surface area contributed by atoms with Crippen molar-refractivity contribution in [2.75, 3.05) is 13.1 Å². The fourth-order valence-electron chi connectivity index (χ4n) is 1.59. The summed E-state index contributed by atoms with van der Waals surface area (Å²) in [5, 5.41) is 0. The van der Waals surface area contributed by atoms with Crippen molar-refractivity contribution in [2.45, 2.75) is 23.6 Å². The lowest BCUT2D eigenvalue weighted by Gasteiger charge is -2.20. The van der Waals surface area contributed by atoms with Crippen molar-refractivity contribution >= 4 is 29.8 Å². The Kier molecular flexibility index (Phi) is 5.37. The number of nitrogens with zero attached hydrogens (tertiary/aromatic N) is 1. The van der Waals surface area contributed by atoms with E-state index in [2.05, 4.69) is 6.58 Å². The van der Waals surface area contributed by atoms with Gasteiger partial charge < -0.3 is 0 Å². The van der Waals surface area contributed by atoms with Crippen molar-refractivity contribution < 1.29 is 16.8 Å². The molecule has 0 atom stereocenters. The molecule has 0 aromatic heterocycles. The Morgan fingerprint density at radius 2 is 1.60 bits per heavy atom. The second-order valence-corrected chi connectivity index (χ2v) is 8.80. The van der Waals surface area contributed by atoms with Crippen molar-refractivity contribution in [2.24, 2.45) is 0 Å². The molecule has 112 valence electrons. The molecular weight excluding hydrogens is 322 g/mol. The third-order valence-corrected chi connectivity index (χ3v) is 5.85. The zero-order valence-corrected chi connectivity index (χ0v) is 13.6. The van der Waals surface area contributed by atoms with Crippen LogP contribution in [-0.4, -0.2) is 34.2 Å². The minimum Gasteiger partial charge on any atom is -0.207 e. The molecular formula is C12H16ClNO4S2. The molecule has 0 aliphatic heterocycles. The SMILES string of the molecule is C=C(C)CN(CC)S(=O)(=O)c1ccc(S(=O)(=O)Cl)cc1. The van der Waals surface area contributed by atoms with Gasteiger partial charge in [-0.05, 0) is 31.2 Å². The lowest BCUT2D eigenvalue weighted by molar-refractivity contribution is 0.453. The molecule has 0 saturated heterocycles. The molecule has 8 heteroatoms. The largest absolute Gasteiger partial charge is 0.261 e. The molecule has 0 unspecified atom stereocenters. The van der Waals surface area contributed by atoms with E-state index in [-0.39, 0.29) is 16.3 Å². The Morgan fingerprint density at radius 3 is 1.95 bits per heavy atom. The van der Waals surface area contributed by atoms with Gasteiger partial charge in [0.1, 0.15) is 0 Å². The van der Waals surface area contributed by atoms with E-state index in [9.17, 15) is 16.8 Å². The zero-order chi connectivity index (χ0) is 15.6. The first-order valence-corrected chi connectivity index (χ1v) is 9.53. The summed E-state index contributed by atoms with van der Waals surface area (Å²) in [7, 11) is -2.35. The van der Waals surface area contributed by atoms with E-state index < -0.39 is 19.1 Å². The van der Waals surface area contributed by atoms with Crippen molar-refractivity contribution in [3.63, 3.8) is 0 Å². The maximum atomic E-state index is 12.4. The summed E-state index contributed by atoms with van der Waals surface area (Å²) in [5.74, 6) is 0. The van der Waals surface area contributed by atoms with Crippen molar-refractivity contribution in [3.8, 4) is 0 Å². The summed E-state index contributed by atoms with van der Waals surface area (Å²) in [6.45, 7) is 7.66. The van der Waals surface area contributed by atoms with Gasteiger partial charge in [-0.2, -0.15) is 4.31 Å². The molecule has 5 nitrogen and oxygen atoms in total. The maximum absolute atomic E-state index is 12.4. The monoisotopic (exact) mass is 337 g/mol. The average Bonchev–Trinajstić information content (AvgIpc) is 2.34. The van der Waals surface area contributed by atoms with E-state index in [0.717, 1.165) is 5.57 Å². The van der Waals surface area contributed by atoms with Gasteiger partial charge >= 0.3 is 0 Å². The van der Waals surface area contributed by atoms with Crippen LogP contribution in [0.3, 0.4) is 0 Å². The van der Waals surface area contributed by atoms with Crippen LogP contribution < -0.4 is 0 Å². The molecule has 0 spiro atoms. The Labute approximate surface area is 124 Å². The normalized spacial score (nSPS) is 12.6. The number of hydrogen-bond acceptors (Lipinski definition) is 4. The van der Waals surface area contributed by atoms with E-state index in [1.165, 1.54) is 28.6 Å². The number of hydrogen-bond donors (Lipinski definition) is 0. The first-order valence-electron chi connectivity index (χ1n) is 5.78. The second kappa shape index (κ2) is 6.26. The molecule has 0 bridgehead atoms. The standard InChI is InChI=1S/C12H16ClNO4S2/c1-4-14(9-10(2)3)20(17,18)12-7-5-11(6-8-12)19(13,15)16/h5-8H,2,4,9H2,1,3H3. The molecule has 0 amide bonds. The van der Waals surface area contributed by atoms with E-state index in [4.69, 9.17) is 10.7 Å². The van der Waals surface area contributed by atoms with Crippen LogP contribution in [0.4, 0.5) is 0 Å². The van der Waals surface area contributed by atoms with Gasteiger partial charge in [-0.25, -0.2) is 16.8 Å². The average molecular weight is 338 g/mol. The van der Waals surface area contributed by atoms with E-state index in [0.29, 0.717) is 6.54 Å². The second-order valence-electron chi connectivity index (χ2n) is 4.30. The summed E-state index contributed by atoms with van der Waals surface area (Å²) in [6, 6.07) is 4.80. The summed E-state index contributed by atoms with van der Waals surface area (Å²) >= 11 is 0. The Hall–Kier alpha value is -0.890. The molecule has 20 heavy (non-hydrogen) atoms. The topological polar surface area (TPSA) is 71.5 Å². The van der Waals surface area contributed by atoms with Crippen LogP contribution in [0, 0.1) is 0 Å². The molecule has 0 aliphatic carbocycles. The Balaban J connectivity index is 3.19. The smallest absolute Gasteiger partial charge is 0.207 e. The van der Waals surface area contributed by atoms with Crippen molar-refractivity contribution in [3.05, 3.63) is 36.4 Å². The predicted octanol–water partition coefficient (Wildman–Crippen LogP) is 2.20. The molecule has 1 rings (SSSR count). The van der Waals surface area contributed by atoms with Crippen LogP contribution in [0.15, 0.2) is 46.2 Å². The number of halogens is 1. The van der Waals surface area contributed by atoms with E-state index in [1.807, 2.05) is 0 Å². The molecule has 0 heterocycles. The zero-order valence-electron chi connectivity index (χ0n) is 11.2. The summed E-state index contributed by atoms with van der Waals surface area (Å²) in [5.41, 5.74) is 0.718. The Morgan fingerprint density at radius 1 is 1.15 bits per heavy atom. The van der Waals surface area contributed by atoms with Gasteiger partial charge in [0, 0.05) is 23.8 Å². The van der Waals surface area contributed by atoms with E-state index >= 15 is 0 Å². The highest BCUT2D eigenvalue weighted by Crippen LogP contribution is 2.20. The molecule has 0 fully saturated rings. The number of sulfonamides is 1. The third kappa shape index (κ3) is 4.05. The highest BCUT2D eigenvalue weighted by Gasteiger charge is 2.23. The number of rotatable bonds is 6. The predicted molar refractivity (Wildman–Crippen MR) is 78.7 cm³/mol. The lowest BCUT2D eigenvalue weighted by Crippen LogP contribution is -2.32. The van der Waals surface area contributed by atoms with Gasteiger partial charge in [-0.3, -0.25) is 0 Å². The molecule has 1 aromatic carbocycles. The van der Waals surface area contributed by atoms with E-state index in [1.54, 1.807) is 13.8 Å². The summed E-state index contributed by atoms with van der Waals surface area (Å²) < 4.78 is 48.2. The van der Waals surface area contributed by atoms with Gasteiger partial charge in [-0.15, -0.1) is 0 Å². The molecule has 1 aromatic rings. The van der Waals surface area contributed by atoms with Crippen LogP contribution in [0.2, 0.25) is 0 Å². The van der Waals surface area contributed by atoms with Gasteiger partial charge in [-0.1, -0.05) is 19.1 Å². The van der Waals surface area contributed by atoms with Gasteiger partial charge in [0.2, 0.25) is 10.0 Å². The number of likely N-dealkylation sites (N-methyl/N-ethyl adjacent to an activating group) is 1.